The van der Waals surface area contributed by atoms with Crippen LogP contribution in [0.3, 0.4) is 0 Å². The molecular formula is C18H16N4O2. The van der Waals surface area contributed by atoms with E-state index in [9.17, 15) is 4.79 Å². The minimum atomic E-state index is -0.246. The van der Waals surface area contributed by atoms with Gasteiger partial charge < -0.3 is 9.64 Å². The molecule has 0 saturated carbocycles. The zero-order valence-corrected chi connectivity index (χ0v) is 13.4. The number of carbonyl (C=O) groups excluding carboxylic acids is 1. The first kappa shape index (κ1) is 14.4. The third kappa shape index (κ3) is 2.07. The summed E-state index contributed by atoms with van der Waals surface area (Å²) in [7, 11) is 3.42. The summed E-state index contributed by atoms with van der Waals surface area (Å²) < 4.78 is 5.20. The Morgan fingerprint density at radius 3 is 2.62 bits per heavy atom. The predicted octanol–water partition coefficient (Wildman–Crippen LogP) is 2.66. The molecule has 6 heteroatoms. The van der Waals surface area contributed by atoms with Crippen LogP contribution in [0.1, 0.15) is 27.8 Å². The van der Waals surface area contributed by atoms with Gasteiger partial charge >= 0.3 is 0 Å². The molecule has 1 N–H and O–H groups in total. The number of benzene rings is 1. The number of pyridine rings is 1. The van der Waals surface area contributed by atoms with Crippen molar-refractivity contribution in [1.82, 2.24) is 20.1 Å². The average Bonchev–Trinajstić information content (AvgIpc) is 3.16. The highest BCUT2D eigenvalue weighted by atomic mass is 16.5. The Balaban J connectivity index is 1.86. The molecule has 1 amide bonds. The molecule has 1 aliphatic heterocycles. The van der Waals surface area contributed by atoms with Crippen LogP contribution in [0.5, 0.6) is 5.75 Å². The zero-order chi connectivity index (χ0) is 16.7. The fraction of sp³-hybridized carbons (Fsp3) is 0.167. The van der Waals surface area contributed by atoms with E-state index in [-0.39, 0.29) is 11.9 Å². The van der Waals surface area contributed by atoms with E-state index in [4.69, 9.17) is 4.74 Å². The van der Waals surface area contributed by atoms with Gasteiger partial charge in [-0.15, -0.1) is 0 Å². The molecule has 1 aliphatic rings. The van der Waals surface area contributed by atoms with Gasteiger partial charge in [-0.3, -0.25) is 14.9 Å². The van der Waals surface area contributed by atoms with Gasteiger partial charge in [-0.05, 0) is 36.4 Å². The molecule has 2 aromatic heterocycles. The number of rotatable bonds is 3. The van der Waals surface area contributed by atoms with Crippen LogP contribution in [0.15, 0.2) is 48.7 Å². The van der Waals surface area contributed by atoms with Crippen LogP contribution >= 0.6 is 0 Å². The fourth-order valence-corrected chi connectivity index (χ4v) is 3.12. The number of nitrogens with zero attached hydrogens (tertiary/aromatic N) is 3. The van der Waals surface area contributed by atoms with Crippen molar-refractivity contribution in [2.75, 3.05) is 14.2 Å². The van der Waals surface area contributed by atoms with Gasteiger partial charge in [0.15, 0.2) is 0 Å². The number of hydrogen-bond donors (Lipinski definition) is 1. The summed E-state index contributed by atoms with van der Waals surface area (Å²) in [6.07, 6.45) is 1.73. The molecule has 3 aromatic rings. The molecule has 1 aromatic carbocycles. The fourth-order valence-electron chi connectivity index (χ4n) is 3.12. The van der Waals surface area contributed by atoms with Gasteiger partial charge in [-0.1, -0.05) is 6.07 Å². The lowest BCUT2D eigenvalue weighted by Gasteiger charge is -2.20. The van der Waals surface area contributed by atoms with Crippen molar-refractivity contribution < 1.29 is 9.53 Å². The predicted molar refractivity (Wildman–Crippen MR) is 88.7 cm³/mol. The van der Waals surface area contributed by atoms with Crippen molar-refractivity contribution in [2.24, 2.45) is 0 Å². The van der Waals surface area contributed by atoms with E-state index < -0.39 is 0 Å². The van der Waals surface area contributed by atoms with Gasteiger partial charge in [-0.2, -0.15) is 5.10 Å². The zero-order valence-electron chi connectivity index (χ0n) is 13.4. The molecule has 3 heterocycles. The monoisotopic (exact) mass is 320 g/mol. The molecule has 1 atom stereocenters. The number of aromatic nitrogens is 3. The summed E-state index contributed by atoms with van der Waals surface area (Å²) in [6, 6.07) is 13.1. The number of fused-ring (bicyclic) bond motifs is 1. The highest BCUT2D eigenvalue weighted by Crippen LogP contribution is 2.41. The van der Waals surface area contributed by atoms with Gasteiger partial charge in [0.1, 0.15) is 17.5 Å². The van der Waals surface area contributed by atoms with Crippen molar-refractivity contribution in [3.63, 3.8) is 0 Å². The van der Waals surface area contributed by atoms with E-state index in [0.29, 0.717) is 5.69 Å². The first-order chi connectivity index (χ1) is 11.7. The smallest absolute Gasteiger partial charge is 0.272 e. The summed E-state index contributed by atoms with van der Waals surface area (Å²) in [5.41, 5.74) is 3.91. The standard InChI is InChI=1S/C18H16N4O2/c1-22-17(13-5-3-4-10-19-13)14-15(20-21-16(14)18(22)23)11-6-8-12(24-2)9-7-11/h3-10,17H,1-2H3,(H,20,21)/t17-/m0/s1. The van der Waals surface area contributed by atoms with Crippen molar-refractivity contribution in [1.29, 1.82) is 0 Å². The summed E-state index contributed by atoms with van der Waals surface area (Å²) >= 11 is 0. The summed E-state index contributed by atoms with van der Waals surface area (Å²) in [4.78, 5) is 18.7. The van der Waals surface area contributed by atoms with Gasteiger partial charge in [0.05, 0.1) is 18.5 Å². The number of aromatic amines is 1. The van der Waals surface area contributed by atoms with Crippen LogP contribution in [0.25, 0.3) is 11.3 Å². The molecule has 120 valence electrons. The second-order valence-corrected chi connectivity index (χ2v) is 5.66. The second-order valence-electron chi connectivity index (χ2n) is 5.66. The van der Waals surface area contributed by atoms with E-state index in [1.165, 1.54) is 0 Å². The molecule has 0 bridgehead atoms. The number of hydrogen-bond acceptors (Lipinski definition) is 4. The van der Waals surface area contributed by atoms with E-state index in [0.717, 1.165) is 28.3 Å². The normalized spacial score (nSPS) is 16.3. The van der Waals surface area contributed by atoms with Crippen LogP contribution in [0.2, 0.25) is 0 Å². The van der Waals surface area contributed by atoms with Crippen molar-refractivity contribution in [3.05, 3.63) is 65.6 Å². The van der Waals surface area contributed by atoms with E-state index >= 15 is 0 Å². The van der Waals surface area contributed by atoms with Crippen molar-refractivity contribution in [2.45, 2.75) is 6.04 Å². The Bertz CT molecular complexity index is 887. The van der Waals surface area contributed by atoms with Gasteiger partial charge in [-0.25, -0.2) is 0 Å². The Labute approximate surface area is 139 Å². The molecule has 6 nitrogen and oxygen atoms in total. The summed E-state index contributed by atoms with van der Waals surface area (Å²) in [5, 5.41) is 7.28. The maximum Gasteiger partial charge on any atom is 0.272 e. The largest absolute Gasteiger partial charge is 0.497 e. The molecule has 0 fully saturated rings. The molecule has 4 rings (SSSR count). The van der Waals surface area contributed by atoms with Gasteiger partial charge in [0, 0.05) is 24.4 Å². The van der Waals surface area contributed by atoms with Crippen molar-refractivity contribution in [3.8, 4) is 17.0 Å². The van der Waals surface area contributed by atoms with E-state index in [1.54, 1.807) is 25.3 Å². The lowest BCUT2D eigenvalue weighted by atomic mass is 9.99. The number of methoxy groups -OCH3 is 1. The molecule has 0 aliphatic carbocycles. The van der Waals surface area contributed by atoms with Gasteiger partial charge in [0.2, 0.25) is 0 Å². The van der Waals surface area contributed by atoms with Crippen molar-refractivity contribution >= 4 is 5.91 Å². The topological polar surface area (TPSA) is 71.1 Å². The van der Waals surface area contributed by atoms with Crippen LogP contribution in [-0.2, 0) is 0 Å². The van der Waals surface area contributed by atoms with E-state index in [1.807, 2.05) is 42.5 Å². The molecular weight excluding hydrogens is 304 g/mol. The van der Waals surface area contributed by atoms with E-state index in [2.05, 4.69) is 15.2 Å². The van der Waals surface area contributed by atoms with Gasteiger partial charge in [0.25, 0.3) is 5.91 Å². The first-order valence-electron chi connectivity index (χ1n) is 7.61. The third-order valence-corrected chi connectivity index (χ3v) is 4.33. The average molecular weight is 320 g/mol. The number of carbonyl (C=O) groups is 1. The van der Waals surface area contributed by atoms with Crippen LogP contribution in [0.4, 0.5) is 0 Å². The summed E-state index contributed by atoms with van der Waals surface area (Å²) in [5.74, 6) is 0.702. The Morgan fingerprint density at radius 1 is 1.17 bits per heavy atom. The van der Waals surface area contributed by atoms with Crippen LogP contribution in [0, 0.1) is 0 Å². The molecule has 0 radical (unpaired) electrons. The maximum absolute atomic E-state index is 12.5. The number of ether oxygens (including phenoxy) is 1. The Hall–Kier alpha value is -3.15. The molecule has 0 spiro atoms. The molecule has 0 saturated heterocycles. The first-order valence-corrected chi connectivity index (χ1v) is 7.61. The molecule has 24 heavy (non-hydrogen) atoms. The Morgan fingerprint density at radius 2 is 1.96 bits per heavy atom. The number of nitrogens with one attached hydrogen (secondary N) is 1. The second kappa shape index (κ2) is 5.49. The number of H-pyrrole nitrogens is 1. The van der Waals surface area contributed by atoms with Crippen LogP contribution < -0.4 is 4.74 Å². The highest BCUT2D eigenvalue weighted by molar-refractivity contribution is 5.99. The molecule has 0 unspecified atom stereocenters. The maximum atomic E-state index is 12.5. The number of amides is 1. The lowest BCUT2D eigenvalue weighted by Crippen LogP contribution is -2.25. The lowest BCUT2D eigenvalue weighted by molar-refractivity contribution is 0.0786. The minimum absolute atomic E-state index is 0.0760. The highest BCUT2D eigenvalue weighted by Gasteiger charge is 2.40. The summed E-state index contributed by atoms with van der Waals surface area (Å²) in [6.45, 7) is 0. The minimum Gasteiger partial charge on any atom is -0.497 e. The quantitative estimate of drug-likeness (QED) is 0.805. The Kier molecular flexibility index (Phi) is 3.30. The third-order valence-electron chi connectivity index (χ3n) is 4.33. The van der Waals surface area contributed by atoms with Crippen LogP contribution in [-0.4, -0.2) is 40.1 Å². The SMILES string of the molecule is COc1ccc(-c2n[nH]c3c2[C@H](c2ccccn2)N(C)C3=O)cc1.